The van der Waals surface area contributed by atoms with Crippen LogP contribution in [0.2, 0.25) is 0 Å². The number of nitrogens with one attached hydrogen (secondary N) is 1. The number of dihydropyridines is 1. The van der Waals surface area contributed by atoms with E-state index in [9.17, 15) is 14.0 Å². The summed E-state index contributed by atoms with van der Waals surface area (Å²) in [5, 5.41) is 5.30. The Morgan fingerprint density at radius 3 is 2.76 bits per heavy atom. The zero-order valence-corrected chi connectivity index (χ0v) is 19.3. The average Bonchev–Trinajstić information content (AvgIpc) is 3.51. The average molecular weight is 468 g/mol. The first-order valence-corrected chi connectivity index (χ1v) is 12.2. The van der Waals surface area contributed by atoms with E-state index in [4.69, 9.17) is 9.47 Å². The molecule has 33 heavy (non-hydrogen) atoms. The number of carbonyl (C=O) groups is 2. The fourth-order valence-corrected chi connectivity index (χ4v) is 5.89. The number of thiophene rings is 1. The third-order valence-corrected chi connectivity index (χ3v) is 7.58. The van der Waals surface area contributed by atoms with Gasteiger partial charge >= 0.3 is 5.97 Å². The number of hydrogen-bond donors (Lipinski definition) is 1. The highest BCUT2D eigenvalue weighted by molar-refractivity contribution is 7.10. The molecule has 3 aliphatic rings. The van der Waals surface area contributed by atoms with Crippen molar-refractivity contribution in [3.05, 3.63) is 80.6 Å². The van der Waals surface area contributed by atoms with Gasteiger partial charge in [0.25, 0.3) is 0 Å². The minimum absolute atomic E-state index is 0.00778. The van der Waals surface area contributed by atoms with Crippen molar-refractivity contribution in [2.45, 2.75) is 50.5 Å². The van der Waals surface area contributed by atoms with Gasteiger partial charge in [-0.1, -0.05) is 18.2 Å². The summed E-state index contributed by atoms with van der Waals surface area (Å²) >= 11 is 1.53. The highest BCUT2D eigenvalue weighted by Crippen LogP contribution is 2.46. The van der Waals surface area contributed by atoms with Gasteiger partial charge in [0, 0.05) is 34.9 Å². The fraction of sp³-hybridized carbons (Fsp3) is 0.385. The molecule has 5 rings (SSSR count). The van der Waals surface area contributed by atoms with Crippen LogP contribution in [0.3, 0.4) is 0 Å². The highest BCUT2D eigenvalue weighted by Gasteiger charge is 2.42. The second kappa shape index (κ2) is 9.23. The topological polar surface area (TPSA) is 64.6 Å². The summed E-state index contributed by atoms with van der Waals surface area (Å²) in [4.78, 5) is 27.6. The van der Waals surface area contributed by atoms with Gasteiger partial charge < -0.3 is 14.8 Å². The van der Waals surface area contributed by atoms with Gasteiger partial charge in [0.2, 0.25) is 0 Å². The van der Waals surface area contributed by atoms with Gasteiger partial charge in [-0.15, -0.1) is 11.3 Å². The van der Waals surface area contributed by atoms with E-state index in [0.717, 1.165) is 29.0 Å². The molecule has 0 bridgehead atoms. The lowest BCUT2D eigenvalue weighted by molar-refractivity contribution is -0.142. The number of benzene rings is 1. The maximum Gasteiger partial charge on any atom is 0.336 e. The summed E-state index contributed by atoms with van der Waals surface area (Å²) in [6, 6.07) is 10.2. The minimum Gasteiger partial charge on any atom is -0.459 e. The Morgan fingerprint density at radius 1 is 1.24 bits per heavy atom. The molecule has 3 heterocycles. The molecule has 5 nitrogen and oxygen atoms in total. The lowest BCUT2D eigenvalue weighted by Gasteiger charge is -2.36. The molecule has 7 heteroatoms. The molecule has 1 fully saturated rings. The smallest absolute Gasteiger partial charge is 0.336 e. The van der Waals surface area contributed by atoms with Gasteiger partial charge in [-0.2, -0.15) is 0 Å². The Bertz CT molecular complexity index is 1110. The van der Waals surface area contributed by atoms with E-state index >= 15 is 0 Å². The number of hydrogen-bond acceptors (Lipinski definition) is 6. The van der Waals surface area contributed by atoms with Gasteiger partial charge in [0.1, 0.15) is 12.4 Å². The first-order valence-electron chi connectivity index (χ1n) is 11.3. The van der Waals surface area contributed by atoms with Crippen LogP contribution in [0.4, 0.5) is 4.39 Å². The standard InChI is InChI=1S/C26H26FNO4S/c1-15-23(26(30)32-14-19-4-2-10-31-19)25(22-5-3-11-33-22)24-20(28-15)12-17(13-21(24)29)16-6-8-18(27)9-7-16/h3,5-9,11,17,19,25,28H,2,4,10,12-14H2,1H3/t17-,19-,25-/m0/s1. The van der Waals surface area contributed by atoms with Crippen molar-refractivity contribution in [3.8, 4) is 0 Å². The quantitative estimate of drug-likeness (QED) is 0.629. The molecule has 0 saturated carbocycles. The van der Waals surface area contributed by atoms with E-state index in [1.54, 1.807) is 12.1 Å². The van der Waals surface area contributed by atoms with E-state index in [1.165, 1.54) is 23.5 Å². The number of carbonyl (C=O) groups excluding carboxylic acids is 2. The molecule has 3 atom stereocenters. The van der Waals surface area contributed by atoms with Gasteiger partial charge in [-0.05, 0) is 61.2 Å². The molecule has 1 saturated heterocycles. The second-order valence-corrected chi connectivity index (χ2v) is 9.80. The molecule has 172 valence electrons. The van der Waals surface area contributed by atoms with Crippen LogP contribution in [-0.4, -0.2) is 31.1 Å². The Morgan fingerprint density at radius 2 is 2.06 bits per heavy atom. The maximum atomic E-state index is 13.5. The Balaban J connectivity index is 1.45. The second-order valence-electron chi connectivity index (χ2n) is 8.82. The summed E-state index contributed by atoms with van der Waals surface area (Å²) in [7, 11) is 0. The molecule has 1 aromatic heterocycles. The zero-order valence-electron chi connectivity index (χ0n) is 18.4. The SMILES string of the molecule is CC1=C(C(=O)OC[C@@H]2CCCO2)[C@H](c2cccs2)C2=C(C[C@H](c3ccc(F)cc3)CC2=O)N1. The summed E-state index contributed by atoms with van der Waals surface area (Å²) in [6.45, 7) is 2.78. The normalized spacial score (nSPS) is 25.2. The van der Waals surface area contributed by atoms with Gasteiger partial charge in [-0.25, -0.2) is 9.18 Å². The van der Waals surface area contributed by atoms with Crippen LogP contribution >= 0.6 is 11.3 Å². The Kier molecular flexibility index (Phi) is 6.17. The molecule has 2 aromatic rings. The molecular weight excluding hydrogens is 441 g/mol. The van der Waals surface area contributed by atoms with Crippen LogP contribution < -0.4 is 5.32 Å². The van der Waals surface area contributed by atoms with E-state index in [2.05, 4.69) is 5.32 Å². The van der Waals surface area contributed by atoms with Crippen LogP contribution in [0.1, 0.15) is 54.9 Å². The molecular formula is C26H26FNO4S. The monoisotopic (exact) mass is 467 g/mol. The molecule has 0 spiro atoms. The molecule has 2 aliphatic heterocycles. The number of esters is 1. The molecule has 0 unspecified atom stereocenters. The van der Waals surface area contributed by atoms with Gasteiger partial charge in [-0.3, -0.25) is 4.79 Å². The van der Waals surface area contributed by atoms with E-state index in [1.807, 2.05) is 24.4 Å². The van der Waals surface area contributed by atoms with Crippen LogP contribution in [0.25, 0.3) is 0 Å². The van der Waals surface area contributed by atoms with Crippen LogP contribution in [0, 0.1) is 5.82 Å². The number of Topliss-reactive ketones (excluding diaryl/α,β-unsaturated/α-hetero) is 1. The number of rotatable bonds is 5. The summed E-state index contributed by atoms with van der Waals surface area (Å²) in [5.41, 5.74) is 3.62. The van der Waals surface area contributed by atoms with Crippen molar-refractivity contribution >= 4 is 23.1 Å². The van der Waals surface area contributed by atoms with Crippen molar-refractivity contribution < 1.29 is 23.5 Å². The molecule has 1 N–H and O–H groups in total. The first-order chi connectivity index (χ1) is 16.0. The number of allylic oxidation sites excluding steroid dienone is 3. The third kappa shape index (κ3) is 4.39. The first kappa shape index (κ1) is 22.0. The van der Waals surface area contributed by atoms with Crippen molar-refractivity contribution in [2.24, 2.45) is 0 Å². The summed E-state index contributed by atoms with van der Waals surface area (Å²) in [5.74, 6) is -1.17. The predicted octanol–water partition coefficient (Wildman–Crippen LogP) is 4.97. The Labute approximate surface area is 196 Å². The van der Waals surface area contributed by atoms with E-state index in [0.29, 0.717) is 36.3 Å². The lowest BCUT2D eigenvalue weighted by atomic mass is 9.73. The minimum atomic E-state index is -0.445. The molecule has 1 aromatic carbocycles. The van der Waals surface area contributed by atoms with E-state index < -0.39 is 11.9 Å². The van der Waals surface area contributed by atoms with Crippen LogP contribution in [0.15, 0.2) is 64.3 Å². The van der Waals surface area contributed by atoms with Gasteiger partial charge in [0.05, 0.1) is 17.6 Å². The zero-order chi connectivity index (χ0) is 22.9. The van der Waals surface area contributed by atoms with Crippen molar-refractivity contribution in [2.75, 3.05) is 13.2 Å². The van der Waals surface area contributed by atoms with Crippen molar-refractivity contribution in [3.63, 3.8) is 0 Å². The van der Waals surface area contributed by atoms with Crippen molar-refractivity contribution in [1.82, 2.24) is 5.32 Å². The van der Waals surface area contributed by atoms with Crippen molar-refractivity contribution in [1.29, 1.82) is 0 Å². The largest absolute Gasteiger partial charge is 0.459 e. The summed E-state index contributed by atoms with van der Waals surface area (Å²) in [6.07, 6.45) is 2.75. The lowest BCUT2D eigenvalue weighted by Crippen LogP contribution is -2.36. The van der Waals surface area contributed by atoms with E-state index in [-0.39, 0.29) is 30.2 Å². The maximum absolute atomic E-state index is 13.5. The molecule has 0 radical (unpaired) electrons. The predicted molar refractivity (Wildman–Crippen MR) is 123 cm³/mol. The molecule has 1 aliphatic carbocycles. The highest BCUT2D eigenvalue weighted by atomic mass is 32.1. The number of ketones is 1. The van der Waals surface area contributed by atoms with Crippen LogP contribution in [-0.2, 0) is 19.1 Å². The summed E-state index contributed by atoms with van der Waals surface area (Å²) < 4.78 is 24.6. The fourth-order valence-electron chi connectivity index (χ4n) is 5.04. The number of ether oxygens (including phenoxy) is 2. The van der Waals surface area contributed by atoms with Gasteiger partial charge in [0.15, 0.2) is 5.78 Å². The molecule has 0 amide bonds. The number of halogens is 1. The van der Waals surface area contributed by atoms with Crippen LogP contribution in [0.5, 0.6) is 0 Å². The Hall–Kier alpha value is -2.77. The third-order valence-electron chi connectivity index (χ3n) is 6.64.